The molecule has 1 saturated heterocycles. The molecule has 3 rings (SSSR count). The van der Waals surface area contributed by atoms with Crippen molar-refractivity contribution in [2.75, 3.05) is 18.4 Å². The van der Waals surface area contributed by atoms with Crippen LogP contribution in [0.2, 0.25) is 0 Å². The van der Waals surface area contributed by atoms with Gasteiger partial charge in [0.15, 0.2) is 0 Å². The minimum absolute atomic E-state index is 0. The number of halogens is 1. The third-order valence-electron chi connectivity index (χ3n) is 3.26. The highest BCUT2D eigenvalue weighted by molar-refractivity contribution is 8.93. The highest BCUT2D eigenvalue weighted by Crippen LogP contribution is 2.24. The van der Waals surface area contributed by atoms with E-state index in [4.69, 9.17) is 0 Å². The molecule has 0 spiro atoms. The lowest BCUT2D eigenvalue weighted by Gasteiger charge is -2.23. The van der Waals surface area contributed by atoms with Crippen LogP contribution in [-0.4, -0.2) is 44.4 Å². The van der Waals surface area contributed by atoms with Gasteiger partial charge >= 0.3 is 0 Å². The molecule has 21 heavy (non-hydrogen) atoms. The normalized spacial score (nSPS) is 17.8. The number of nitrogens with one attached hydrogen (secondary N) is 2. The summed E-state index contributed by atoms with van der Waals surface area (Å²) in [5.41, 5.74) is 1.17. The van der Waals surface area contributed by atoms with E-state index in [2.05, 4.69) is 30.8 Å². The van der Waals surface area contributed by atoms with Crippen molar-refractivity contribution in [1.29, 1.82) is 0 Å². The molecule has 7 nitrogen and oxygen atoms in total. The molecule has 0 unspecified atom stereocenters. The van der Waals surface area contributed by atoms with Gasteiger partial charge in [0, 0.05) is 18.8 Å². The second kappa shape index (κ2) is 7.28. The third kappa shape index (κ3) is 3.85. The second-order valence-electron chi connectivity index (χ2n) is 4.72. The zero-order chi connectivity index (χ0) is 13.8. The fourth-order valence-corrected chi connectivity index (χ4v) is 2.26. The largest absolute Gasteiger partial charge is 0.492 e. The number of hydrogen-bond acceptors (Lipinski definition) is 7. The first-order valence-corrected chi connectivity index (χ1v) is 6.64. The Hall–Kier alpha value is -1.80. The first-order chi connectivity index (χ1) is 9.83. The van der Waals surface area contributed by atoms with Gasteiger partial charge in [0.25, 0.3) is 0 Å². The fraction of sp³-hybridized carbons (Fsp3) is 0.385. The number of anilines is 1. The van der Waals surface area contributed by atoms with Gasteiger partial charge in [-0.2, -0.15) is 5.10 Å². The summed E-state index contributed by atoms with van der Waals surface area (Å²) >= 11 is 0. The van der Waals surface area contributed by atoms with E-state index in [1.54, 1.807) is 18.3 Å². The molecular weight excluding hydrogens is 336 g/mol. The van der Waals surface area contributed by atoms with Crippen molar-refractivity contribution >= 4 is 22.9 Å². The quantitative estimate of drug-likeness (QED) is 0.767. The molecule has 0 amide bonds. The van der Waals surface area contributed by atoms with Crippen molar-refractivity contribution < 1.29 is 5.11 Å². The zero-order valence-corrected chi connectivity index (χ0v) is 13.1. The predicted octanol–water partition coefficient (Wildman–Crippen LogP) is 1.38. The van der Waals surface area contributed by atoms with Crippen LogP contribution in [0.25, 0.3) is 11.3 Å². The lowest BCUT2D eigenvalue weighted by atomic mass is 10.1. The Kier molecular flexibility index (Phi) is 5.40. The molecule has 0 bridgehead atoms. The van der Waals surface area contributed by atoms with Crippen LogP contribution >= 0.6 is 17.0 Å². The van der Waals surface area contributed by atoms with Crippen molar-refractivity contribution in [3.8, 4) is 17.1 Å². The Morgan fingerprint density at radius 3 is 2.95 bits per heavy atom. The van der Waals surface area contributed by atoms with Crippen LogP contribution in [-0.2, 0) is 0 Å². The van der Waals surface area contributed by atoms with E-state index in [1.807, 2.05) is 0 Å². The van der Waals surface area contributed by atoms with Gasteiger partial charge in [0.05, 0.1) is 17.5 Å². The summed E-state index contributed by atoms with van der Waals surface area (Å²) in [6, 6.07) is 3.75. The molecule has 1 atom stereocenters. The van der Waals surface area contributed by atoms with E-state index in [-0.39, 0.29) is 22.9 Å². The average Bonchev–Trinajstić information content (AvgIpc) is 2.49. The molecule has 0 radical (unpaired) electrons. The van der Waals surface area contributed by atoms with Gasteiger partial charge in [0.1, 0.15) is 0 Å². The number of piperidine rings is 1. The van der Waals surface area contributed by atoms with Crippen molar-refractivity contribution in [2.24, 2.45) is 0 Å². The summed E-state index contributed by atoms with van der Waals surface area (Å²) in [6.07, 6.45) is 5.44. The second-order valence-corrected chi connectivity index (χ2v) is 4.72. The summed E-state index contributed by atoms with van der Waals surface area (Å²) in [6.45, 7) is 1.98. The van der Waals surface area contributed by atoms with Crippen molar-refractivity contribution in [2.45, 2.75) is 18.9 Å². The van der Waals surface area contributed by atoms with E-state index in [0.717, 1.165) is 25.9 Å². The SMILES string of the molecule is Br.Oc1nnccc1-c1ccnc(N[C@H]2CCCNC2)n1. The number of aromatic hydroxyl groups is 1. The summed E-state index contributed by atoms with van der Waals surface area (Å²) in [5.74, 6) is 0.434. The van der Waals surface area contributed by atoms with E-state index in [0.29, 0.717) is 23.2 Å². The smallest absolute Gasteiger partial charge is 0.240 e. The van der Waals surface area contributed by atoms with Crippen molar-refractivity contribution in [1.82, 2.24) is 25.5 Å². The zero-order valence-electron chi connectivity index (χ0n) is 11.4. The van der Waals surface area contributed by atoms with Gasteiger partial charge in [-0.15, -0.1) is 22.1 Å². The van der Waals surface area contributed by atoms with Crippen LogP contribution in [0.1, 0.15) is 12.8 Å². The van der Waals surface area contributed by atoms with Crippen LogP contribution < -0.4 is 10.6 Å². The average molecular weight is 353 g/mol. The van der Waals surface area contributed by atoms with Crippen molar-refractivity contribution in [3.63, 3.8) is 0 Å². The molecule has 3 heterocycles. The van der Waals surface area contributed by atoms with Gasteiger partial charge in [-0.1, -0.05) is 0 Å². The predicted molar refractivity (Wildman–Crippen MR) is 84.6 cm³/mol. The number of rotatable bonds is 3. The van der Waals surface area contributed by atoms with E-state index < -0.39 is 0 Å². The summed E-state index contributed by atoms with van der Waals surface area (Å²) in [5, 5.41) is 23.6. The minimum atomic E-state index is -0.128. The van der Waals surface area contributed by atoms with Gasteiger partial charge in [-0.25, -0.2) is 9.97 Å². The van der Waals surface area contributed by atoms with Crippen LogP contribution in [0.15, 0.2) is 24.5 Å². The third-order valence-corrected chi connectivity index (χ3v) is 3.26. The highest BCUT2D eigenvalue weighted by atomic mass is 79.9. The Balaban J connectivity index is 0.00000161. The maximum absolute atomic E-state index is 9.71. The summed E-state index contributed by atoms with van der Waals surface area (Å²) in [7, 11) is 0. The van der Waals surface area contributed by atoms with Crippen molar-refractivity contribution in [3.05, 3.63) is 24.5 Å². The van der Waals surface area contributed by atoms with Gasteiger partial charge < -0.3 is 15.7 Å². The highest BCUT2D eigenvalue weighted by Gasteiger charge is 2.14. The fourth-order valence-electron chi connectivity index (χ4n) is 2.26. The molecule has 1 aliphatic rings. The van der Waals surface area contributed by atoms with Crippen LogP contribution in [0.5, 0.6) is 5.88 Å². The summed E-state index contributed by atoms with van der Waals surface area (Å²) < 4.78 is 0. The molecule has 112 valence electrons. The van der Waals surface area contributed by atoms with E-state index in [9.17, 15) is 5.11 Å². The first kappa shape index (κ1) is 15.6. The molecule has 1 fully saturated rings. The Labute approximate surface area is 133 Å². The maximum Gasteiger partial charge on any atom is 0.240 e. The lowest BCUT2D eigenvalue weighted by molar-refractivity contribution is 0.447. The molecule has 0 aliphatic carbocycles. The van der Waals surface area contributed by atoms with Gasteiger partial charge in [-0.3, -0.25) is 0 Å². The molecule has 0 aromatic carbocycles. The Morgan fingerprint density at radius 1 is 1.29 bits per heavy atom. The minimum Gasteiger partial charge on any atom is -0.492 e. The number of nitrogens with zero attached hydrogens (tertiary/aromatic N) is 4. The first-order valence-electron chi connectivity index (χ1n) is 6.64. The molecule has 2 aromatic rings. The molecule has 1 aliphatic heterocycles. The van der Waals surface area contributed by atoms with Crippen LogP contribution in [0.3, 0.4) is 0 Å². The summed E-state index contributed by atoms with van der Waals surface area (Å²) in [4.78, 5) is 8.64. The lowest BCUT2D eigenvalue weighted by Crippen LogP contribution is -2.38. The standard InChI is InChI=1S/C13H16N6O.BrH/c20-12-10(3-7-16-19-12)11-4-6-15-13(18-11)17-9-2-1-5-14-8-9;/h3-4,6-7,9,14H,1-2,5,8H2,(H,19,20)(H,15,17,18);1H/t9-;/m0./s1. The number of hydrogen-bond donors (Lipinski definition) is 3. The van der Waals surface area contributed by atoms with Crippen LogP contribution in [0, 0.1) is 0 Å². The van der Waals surface area contributed by atoms with Gasteiger partial charge in [-0.05, 0) is 31.5 Å². The molecule has 8 heteroatoms. The Bertz CT molecular complexity index is 590. The monoisotopic (exact) mass is 352 g/mol. The van der Waals surface area contributed by atoms with Crippen LogP contribution in [0.4, 0.5) is 5.95 Å². The molecular formula is C13H17BrN6O. The van der Waals surface area contributed by atoms with Gasteiger partial charge in [0.2, 0.25) is 11.8 Å². The molecule has 0 saturated carbocycles. The molecule has 2 aromatic heterocycles. The molecule has 3 N–H and O–H groups in total. The van der Waals surface area contributed by atoms with E-state index >= 15 is 0 Å². The Morgan fingerprint density at radius 2 is 2.19 bits per heavy atom. The maximum atomic E-state index is 9.71. The number of aromatic nitrogens is 4. The topological polar surface area (TPSA) is 95.9 Å². The van der Waals surface area contributed by atoms with E-state index in [1.165, 1.54) is 6.20 Å².